The minimum atomic E-state index is -0.727. The Morgan fingerprint density at radius 1 is 1.03 bits per heavy atom. The van der Waals surface area contributed by atoms with Gasteiger partial charge < -0.3 is 5.32 Å². The second kappa shape index (κ2) is 12.5. The maximum atomic E-state index is 13.3. The van der Waals surface area contributed by atoms with Crippen LogP contribution < -0.4 is 10.8 Å². The quantitative estimate of drug-likeness (QED) is 0.274. The van der Waals surface area contributed by atoms with Crippen LogP contribution in [-0.4, -0.2) is 24.3 Å². The molecule has 174 valence electrons. The molecule has 32 heavy (non-hydrogen) atoms. The fraction of sp³-hybridized carbons (Fsp3) is 0.462. The first-order valence-corrected chi connectivity index (χ1v) is 11.2. The lowest BCUT2D eigenvalue weighted by atomic mass is 9.81. The van der Waals surface area contributed by atoms with Gasteiger partial charge in [0.15, 0.2) is 5.78 Å². The Hall–Kier alpha value is -2.57. The van der Waals surface area contributed by atoms with E-state index in [0.717, 1.165) is 18.4 Å². The second-order valence-electron chi connectivity index (χ2n) is 9.14. The number of halogens is 1. The van der Waals surface area contributed by atoms with Crippen LogP contribution in [0.2, 0.25) is 0 Å². The van der Waals surface area contributed by atoms with Crippen LogP contribution in [0.15, 0.2) is 54.6 Å². The molecule has 0 radical (unpaired) electrons. The van der Waals surface area contributed by atoms with E-state index < -0.39 is 17.3 Å². The number of hydroxylamine groups is 1. The van der Waals surface area contributed by atoms with Crippen LogP contribution in [0.25, 0.3) is 0 Å². The molecule has 0 unspecified atom stereocenters. The van der Waals surface area contributed by atoms with Crippen LogP contribution in [0.5, 0.6) is 0 Å². The molecule has 1 amide bonds. The number of hydrogen-bond acceptors (Lipinski definition) is 4. The highest BCUT2D eigenvalue weighted by Crippen LogP contribution is 2.24. The fourth-order valence-corrected chi connectivity index (χ4v) is 3.36. The average Bonchev–Trinajstić information content (AvgIpc) is 2.76. The highest BCUT2D eigenvalue weighted by atomic mass is 19.1. The molecule has 0 saturated carbocycles. The molecular formula is C26H35FN2O3. The summed E-state index contributed by atoms with van der Waals surface area (Å²) < 4.78 is 13.3. The van der Waals surface area contributed by atoms with E-state index in [4.69, 9.17) is 4.84 Å². The van der Waals surface area contributed by atoms with Gasteiger partial charge in [-0.3, -0.25) is 14.4 Å². The van der Waals surface area contributed by atoms with E-state index in [1.54, 1.807) is 0 Å². The molecule has 6 heteroatoms. The fourth-order valence-electron chi connectivity index (χ4n) is 3.36. The zero-order valence-electron chi connectivity index (χ0n) is 19.5. The number of ketones is 1. The molecule has 2 aromatic rings. The maximum Gasteiger partial charge on any atom is 0.225 e. The minimum absolute atomic E-state index is 0.190. The van der Waals surface area contributed by atoms with Crippen molar-refractivity contribution in [3.63, 3.8) is 0 Å². The molecule has 5 nitrogen and oxygen atoms in total. The smallest absolute Gasteiger partial charge is 0.225 e. The van der Waals surface area contributed by atoms with E-state index in [1.165, 1.54) is 24.3 Å². The standard InChI is InChI=1S/C26H35FN2O3/c1-5-6-12-21(17-28-32-18-19-10-8-7-9-11-19)25(31)29-24(26(2,3)4)23(30)20-13-15-22(27)16-14-20/h7-11,13-16,21,24,28H,5-6,12,17-18H2,1-4H3,(H,29,31)/t21-,24-/m1/s1. The van der Waals surface area contributed by atoms with Crippen LogP contribution in [0, 0.1) is 17.2 Å². The van der Waals surface area contributed by atoms with Gasteiger partial charge in [-0.05, 0) is 41.7 Å². The molecule has 0 spiro atoms. The van der Waals surface area contributed by atoms with Gasteiger partial charge in [-0.2, -0.15) is 0 Å². The summed E-state index contributed by atoms with van der Waals surface area (Å²) in [6.45, 7) is 8.53. The van der Waals surface area contributed by atoms with Gasteiger partial charge in [0.05, 0.1) is 18.6 Å². The van der Waals surface area contributed by atoms with Gasteiger partial charge in [0.2, 0.25) is 5.91 Å². The average molecular weight is 443 g/mol. The van der Waals surface area contributed by atoms with Crippen LogP contribution >= 0.6 is 0 Å². The predicted octanol–water partition coefficient (Wildman–Crippen LogP) is 5.07. The number of benzene rings is 2. The van der Waals surface area contributed by atoms with Gasteiger partial charge >= 0.3 is 0 Å². The van der Waals surface area contributed by atoms with Crippen LogP contribution in [0.3, 0.4) is 0 Å². The lowest BCUT2D eigenvalue weighted by Crippen LogP contribution is -2.52. The molecular weight excluding hydrogens is 407 g/mol. The van der Waals surface area contributed by atoms with E-state index in [0.29, 0.717) is 25.1 Å². The number of unbranched alkanes of at least 4 members (excludes halogenated alkanes) is 1. The van der Waals surface area contributed by atoms with E-state index in [9.17, 15) is 14.0 Å². The van der Waals surface area contributed by atoms with Crippen LogP contribution in [-0.2, 0) is 16.2 Å². The second-order valence-corrected chi connectivity index (χ2v) is 9.14. The number of Topliss-reactive ketones (excluding diaryl/α,β-unsaturated/α-hetero) is 1. The van der Waals surface area contributed by atoms with Crippen LogP contribution in [0.1, 0.15) is 62.9 Å². The van der Waals surface area contributed by atoms with Crippen molar-refractivity contribution in [1.82, 2.24) is 10.8 Å². The van der Waals surface area contributed by atoms with E-state index in [-0.39, 0.29) is 17.6 Å². The zero-order valence-corrected chi connectivity index (χ0v) is 19.5. The molecule has 0 aliphatic carbocycles. The van der Waals surface area contributed by atoms with Crippen molar-refractivity contribution >= 4 is 11.7 Å². The summed E-state index contributed by atoms with van der Waals surface area (Å²) in [6, 6.07) is 14.5. The normalized spacial score (nSPS) is 13.4. The Morgan fingerprint density at radius 3 is 2.28 bits per heavy atom. The van der Waals surface area contributed by atoms with Gasteiger partial charge in [-0.25, -0.2) is 9.87 Å². The Morgan fingerprint density at radius 2 is 1.69 bits per heavy atom. The molecule has 0 aromatic heterocycles. The van der Waals surface area contributed by atoms with Crippen molar-refractivity contribution in [3.8, 4) is 0 Å². The monoisotopic (exact) mass is 442 g/mol. The molecule has 0 fully saturated rings. The summed E-state index contributed by atoms with van der Waals surface area (Å²) in [5.41, 5.74) is 3.82. The number of hydrogen-bond donors (Lipinski definition) is 2. The van der Waals surface area contributed by atoms with Crippen LogP contribution in [0.4, 0.5) is 4.39 Å². The third kappa shape index (κ3) is 8.17. The number of amides is 1. The van der Waals surface area contributed by atoms with Gasteiger partial charge in [0.25, 0.3) is 0 Å². The van der Waals surface area contributed by atoms with Crippen molar-refractivity contribution in [1.29, 1.82) is 0 Å². The molecule has 0 aliphatic rings. The van der Waals surface area contributed by atoms with Gasteiger partial charge in [-0.1, -0.05) is 70.9 Å². The summed E-state index contributed by atoms with van der Waals surface area (Å²) in [5.74, 6) is -1.16. The maximum absolute atomic E-state index is 13.3. The Balaban J connectivity index is 2.03. The van der Waals surface area contributed by atoms with E-state index in [2.05, 4.69) is 17.7 Å². The lowest BCUT2D eigenvalue weighted by Gasteiger charge is -2.32. The first kappa shape index (κ1) is 25.7. The van der Waals surface area contributed by atoms with Crippen molar-refractivity contribution in [3.05, 3.63) is 71.5 Å². The third-order valence-corrected chi connectivity index (χ3v) is 5.33. The van der Waals surface area contributed by atoms with Gasteiger partial charge in [0.1, 0.15) is 5.82 Å². The Bertz CT molecular complexity index is 848. The Kier molecular flexibility index (Phi) is 10.0. The molecule has 2 rings (SSSR count). The summed E-state index contributed by atoms with van der Waals surface area (Å²) >= 11 is 0. The Labute approximate surface area is 190 Å². The molecule has 0 heterocycles. The zero-order chi connectivity index (χ0) is 23.6. The van der Waals surface area contributed by atoms with Gasteiger partial charge in [0, 0.05) is 12.1 Å². The number of rotatable bonds is 12. The first-order chi connectivity index (χ1) is 15.2. The molecule has 0 aliphatic heterocycles. The number of nitrogens with one attached hydrogen (secondary N) is 2. The van der Waals surface area contributed by atoms with Crippen molar-refractivity contribution in [2.24, 2.45) is 11.3 Å². The third-order valence-electron chi connectivity index (χ3n) is 5.33. The summed E-state index contributed by atoms with van der Waals surface area (Å²) in [4.78, 5) is 31.8. The lowest BCUT2D eigenvalue weighted by molar-refractivity contribution is -0.127. The molecule has 0 saturated heterocycles. The highest BCUT2D eigenvalue weighted by Gasteiger charge is 2.34. The first-order valence-electron chi connectivity index (χ1n) is 11.2. The van der Waals surface area contributed by atoms with Crippen molar-refractivity contribution in [2.45, 2.75) is 59.6 Å². The summed E-state index contributed by atoms with van der Waals surface area (Å²) in [6.07, 6.45) is 2.54. The minimum Gasteiger partial charge on any atom is -0.345 e. The predicted molar refractivity (Wildman–Crippen MR) is 124 cm³/mol. The molecule has 2 aromatic carbocycles. The number of carbonyl (C=O) groups is 2. The topological polar surface area (TPSA) is 67.4 Å². The van der Waals surface area contributed by atoms with Crippen molar-refractivity contribution in [2.75, 3.05) is 6.54 Å². The van der Waals surface area contributed by atoms with E-state index in [1.807, 2.05) is 51.1 Å². The number of carbonyl (C=O) groups excluding carboxylic acids is 2. The highest BCUT2D eigenvalue weighted by molar-refractivity contribution is 6.02. The molecule has 2 N–H and O–H groups in total. The largest absolute Gasteiger partial charge is 0.345 e. The molecule has 0 bridgehead atoms. The molecule has 2 atom stereocenters. The summed E-state index contributed by atoms with van der Waals surface area (Å²) in [5, 5.41) is 2.96. The summed E-state index contributed by atoms with van der Waals surface area (Å²) in [7, 11) is 0. The van der Waals surface area contributed by atoms with Crippen molar-refractivity contribution < 1.29 is 18.8 Å². The van der Waals surface area contributed by atoms with Gasteiger partial charge in [-0.15, -0.1) is 0 Å². The SMILES string of the molecule is CCCC[C@H](CNOCc1ccccc1)C(=O)N[C@H](C(=O)c1ccc(F)cc1)C(C)(C)C. The van der Waals surface area contributed by atoms with E-state index >= 15 is 0 Å².